The van der Waals surface area contributed by atoms with E-state index in [1.807, 2.05) is 0 Å². The fraction of sp³-hybridized carbons (Fsp3) is 0.882. The van der Waals surface area contributed by atoms with Crippen LogP contribution in [0, 0.1) is 18.3 Å². The largest absolute Gasteiger partial charge is 0.379 e. The van der Waals surface area contributed by atoms with E-state index in [0.717, 1.165) is 18.8 Å². The average Bonchev–Trinajstić information content (AvgIpc) is 3.00. The van der Waals surface area contributed by atoms with E-state index in [1.54, 1.807) is 7.11 Å². The molecule has 0 radical (unpaired) electrons. The molecule has 1 unspecified atom stereocenters. The quantitative estimate of drug-likeness (QED) is 0.461. The van der Waals surface area contributed by atoms with Gasteiger partial charge in [0.15, 0.2) is 0 Å². The lowest BCUT2D eigenvalue weighted by Gasteiger charge is -2.23. The zero-order chi connectivity index (χ0) is 14.5. The van der Waals surface area contributed by atoms with Crippen molar-refractivity contribution < 1.29 is 9.47 Å². The van der Waals surface area contributed by atoms with Crippen LogP contribution in [-0.2, 0) is 9.47 Å². The zero-order valence-electron chi connectivity index (χ0n) is 13.3. The van der Waals surface area contributed by atoms with Crippen molar-refractivity contribution in [3.63, 3.8) is 0 Å². The molecule has 0 N–H and O–H groups in total. The summed E-state index contributed by atoms with van der Waals surface area (Å²) < 4.78 is 11.0. The molecule has 0 bridgehead atoms. The molecule has 0 saturated carbocycles. The highest BCUT2D eigenvalue weighted by atomic mass is 16.6. The van der Waals surface area contributed by atoms with Crippen LogP contribution in [0.2, 0.25) is 0 Å². The van der Waals surface area contributed by atoms with Gasteiger partial charge >= 0.3 is 0 Å². The zero-order valence-corrected chi connectivity index (χ0v) is 13.3. The Bertz CT molecular complexity index is 316. The summed E-state index contributed by atoms with van der Waals surface area (Å²) in [4.78, 5) is 0. The molecule has 3 atom stereocenters. The lowest BCUT2D eigenvalue weighted by molar-refractivity contribution is 0.0127. The second-order valence-corrected chi connectivity index (χ2v) is 6.83. The van der Waals surface area contributed by atoms with Crippen molar-refractivity contribution >= 4 is 0 Å². The molecule has 0 aromatic rings. The first-order valence-electron chi connectivity index (χ1n) is 7.52. The van der Waals surface area contributed by atoms with Gasteiger partial charge in [-0.25, -0.2) is 0 Å². The van der Waals surface area contributed by atoms with Gasteiger partial charge in [0.05, 0.1) is 5.60 Å². The number of terminal acetylenes is 1. The minimum absolute atomic E-state index is 0.0213. The van der Waals surface area contributed by atoms with Gasteiger partial charge < -0.3 is 9.47 Å². The third-order valence-electron chi connectivity index (χ3n) is 4.43. The summed E-state index contributed by atoms with van der Waals surface area (Å²) in [6.45, 7) is 8.78. The molecule has 0 aliphatic carbocycles. The number of methoxy groups -OCH3 is 1. The van der Waals surface area contributed by atoms with E-state index in [-0.39, 0.29) is 17.3 Å². The van der Waals surface area contributed by atoms with Crippen molar-refractivity contribution in [1.82, 2.24) is 0 Å². The standard InChI is InChI=1S/C17H30O2/c1-7-15-17(5,19-15)13-9-11-14(2)10-8-12-16(3,4)18-6/h1,14-15H,8-13H2,2-6H3/t14?,15-,17+/m1/s1. The SMILES string of the molecule is C#C[C@H]1O[C@@]1(C)CCCC(C)CCCC(C)(C)OC. The highest BCUT2D eigenvalue weighted by Gasteiger charge is 2.50. The molecule has 1 fully saturated rings. The lowest BCUT2D eigenvalue weighted by atomic mass is 9.91. The summed E-state index contributed by atoms with van der Waals surface area (Å²) in [5, 5.41) is 0. The predicted molar refractivity (Wildman–Crippen MR) is 80.1 cm³/mol. The van der Waals surface area contributed by atoms with Crippen LogP contribution >= 0.6 is 0 Å². The Balaban J connectivity index is 2.06. The van der Waals surface area contributed by atoms with Crippen LogP contribution in [0.15, 0.2) is 0 Å². The fourth-order valence-corrected chi connectivity index (χ4v) is 2.56. The Morgan fingerprint density at radius 2 is 2.00 bits per heavy atom. The third kappa shape index (κ3) is 5.55. The van der Waals surface area contributed by atoms with E-state index in [4.69, 9.17) is 15.9 Å². The molecular formula is C17H30O2. The molecular weight excluding hydrogens is 236 g/mol. The first-order chi connectivity index (χ1) is 8.83. The minimum atomic E-state index is -0.0213. The topological polar surface area (TPSA) is 21.8 Å². The normalized spacial score (nSPS) is 27.9. The third-order valence-corrected chi connectivity index (χ3v) is 4.43. The van der Waals surface area contributed by atoms with Crippen molar-refractivity contribution in [2.75, 3.05) is 7.11 Å². The molecule has 110 valence electrons. The van der Waals surface area contributed by atoms with Crippen LogP contribution in [0.25, 0.3) is 0 Å². The molecule has 2 heteroatoms. The van der Waals surface area contributed by atoms with Gasteiger partial charge in [-0.1, -0.05) is 38.5 Å². The van der Waals surface area contributed by atoms with Gasteiger partial charge in [-0.15, -0.1) is 6.42 Å². The number of hydrogen-bond donors (Lipinski definition) is 0. The predicted octanol–water partition coefficient (Wildman–Crippen LogP) is 4.18. The minimum Gasteiger partial charge on any atom is -0.379 e. The summed E-state index contributed by atoms with van der Waals surface area (Å²) in [5.74, 6) is 3.47. The molecule has 19 heavy (non-hydrogen) atoms. The summed E-state index contributed by atoms with van der Waals surface area (Å²) in [6, 6.07) is 0. The molecule has 2 nitrogen and oxygen atoms in total. The van der Waals surface area contributed by atoms with Gasteiger partial charge in [0.1, 0.15) is 11.7 Å². The van der Waals surface area contributed by atoms with Crippen molar-refractivity contribution in [3.05, 3.63) is 0 Å². The highest BCUT2D eigenvalue weighted by Crippen LogP contribution is 2.40. The maximum absolute atomic E-state index is 5.52. The fourth-order valence-electron chi connectivity index (χ4n) is 2.56. The second-order valence-electron chi connectivity index (χ2n) is 6.83. The van der Waals surface area contributed by atoms with Crippen molar-refractivity contribution in [1.29, 1.82) is 0 Å². The second kappa shape index (κ2) is 6.77. The van der Waals surface area contributed by atoms with Crippen molar-refractivity contribution in [3.8, 4) is 12.3 Å². The Labute approximate surface area is 119 Å². The van der Waals surface area contributed by atoms with Crippen LogP contribution in [0.3, 0.4) is 0 Å². The van der Waals surface area contributed by atoms with Gasteiger partial charge in [-0.2, -0.15) is 0 Å². The monoisotopic (exact) mass is 266 g/mol. The molecule has 1 heterocycles. The van der Waals surface area contributed by atoms with Crippen molar-refractivity contribution in [2.24, 2.45) is 5.92 Å². The number of rotatable bonds is 9. The molecule has 1 saturated heterocycles. The van der Waals surface area contributed by atoms with Gasteiger partial charge in [0, 0.05) is 7.11 Å². The summed E-state index contributed by atoms with van der Waals surface area (Å²) in [6.07, 6.45) is 12.7. The van der Waals surface area contributed by atoms with Gasteiger partial charge in [-0.3, -0.25) is 0 Å². The van der Waals surface area contributed by atoms with E-state index in [1.165, 1.54) is 25.7 Å². The summed E-state index contributed by atoms with van der Waals surface area (Å²) in [7, 11) is 1.79. The molecule has 0 amide bonds. The van der Waals surface area contributed by atoms with E-state index >= 15 is 0 Å². The molecule has 0 spiro atoms. The van der Waals surface area contributed by atoms with Crippen LogP contribution < -0.4 is 0 Å². The number of ether oxygens (including phenoxy) is 2. The van der Waals surface area contributed by atoms with Crippen molar-refractivity contribution in [2.45, 2.75) is 83.5 Å². The van der Waals surface area contributed by atoms with E-state index < -0.39 is 0 Å². The molecule has 0 aromatic carbocycles. The average molecular weight is 266 g/mol. The number of epoxide rings is 1. The van der Waals surface area contributed by atoms with E-state index in [9.17, 15) is 0 Å². The Hall–Kier alpha value is -0.520. The molecule has 0 aromatic heterocycles. The van der Waals surface area contributed by atoms with Gasteiger partial charge in [0.25, 0.3) is 0 Å². The van der Waals surface area contributed by atoms with Crippen LogP contribution in [-0.4, -0.2) is 24.4 Å². The Morgan fingerprint density at radius 1 is 1.37 bits per heavy atom. The molecule has 1 aliphatic rings. The van der Waals surface area contributed by atoms with Crippen LogP contribution in [0.5, 0.6) is 0 Å². The van der Waals surface area contributed by atoms with Crippen LogP contribution in [0.4, 0.5) is 0 Å². The maximum Gasteiger partial charge on any atom is 0.147 e. The smallest absolute Gasteiger partial charge is 0.147 e. The molecule has 1 aliphatic heterocycles. The van der Waals surface area contributed by atoms with E-state index in [2.05, 4.69) is 33.6 Å². The first kappa shape index (κ1) is 16.5. The number of hydrogen-bond acceptors (Lipinski definition) is 2. The summed E-state index contributed by atoms with van der Waals surface area (Å²) in [5.41, 5.74) is 0.00157. The van der Waals surface area contributed by atoms with Crippen LogP contribution in [0.1, 0.15) is 66.2 Å². The highest BCUT2D eigenvalue weighted by molar-refractivity contribution is 5.15. The van der Waals surface area contributed by atoms with Gasteiger partial charge in [0.2, 0.25) is 0 Å². The first-order valence-corrected chi connectivity index (χ1v) is 7.52. The molecule has 1 rings (SSSR count). The summed E-state index contributed by atoms with van der Waals surface area (Å²) >= 11 is 0. The van der Waals surface area contributed by atoms with Gasteiger partial charge in [-0.05, 0) is 39.5 Å². The van der Waals surface area contributed by atoms with E-state index in [0.29, 0.717) is 0 Å². The Morgan fingerprint density at radius 3 is 2.53 bits per heavy atom. The maximum atomic E-state index is 5.52. The lowest BCUT2D eigenvalue weighted by Crippen LogP contribution is -2.22. The Kier molecular flexibility index (Phi) is 5.89.